The molecule has 1 aromatic rings. The number of carbonyl (C=O) groups excluding carboxylic acids is 4. The van der Waals surface area contributed by atoms with Gasteiger partial charge in [0.25, 0.3) is 0 Å². The number of nitrogens with zero attached hydrogens (tertiary/aromatic N) is 1. The second kappa shape index (κ2) is 13.4. The first kappa shape index (κ1) is 29.1. The maximum atomic E-state index is 13.9. The molecule has 2 heterocycles. The minimum Gasteiger partial charge on any atom is -0.467 e. The van der Waals surface area contributed by atoms with E-state index in [4.69, 9.17) is 10.5 Å². The Kier molecular flexibility index (Phi) is 10.5. The monoisotopic (exact) mass is 532 g/mol. The maximum absolute atomic E-state index is 13.9. The van der Waals surface area contributed by atoms with Crippen LogP contribution in [0.3, 0.4) is 0 Å². The van der Waals surface area contributed by atoms with E-state index in [-0.39, 0.29) is 23.5 Å². The van der Waals surface area contributed by atoms with Crippen molar-refractivity contribution in [2.24, 2.45) is 11.7 Å². The summed E-state index contributed by atoms with van der Waals surface area (Å²) in [5.74, 6) is -0.460. The summed E-state index contributed by atoms with van der Waals surface area (Å²) >= 11 is 1.58. The Bertz CT molecular complexity index is 989. The van der Waals surface area contributed by atoms with E-state index in [9.17, 15) is 19.2 Å². The summed E-state index contributed by atoms with van der Waals surface area (Å²) in [6, 6.07) is 4.43. The SMILES string of the molecule is CC[C@H](C)[C@H](N)C(C(=O)C1CCC(=O)N1)N1Cc2ccccc2C[C@H]1C(=O)NC(CCSC)C(=O)OC. The first-order valence-electron chi connectivity index (χ1n) is 13.0. The molecule has 37 heavy (non-hydrogen) atoms. The van der Waals surface area contributed by atoms with Crippen LogP contribution in [0.25, 0.3) is 0 Å². The Morgan fingerprint density at radius 3 is 2.57 bits per heavy atom. The molecule has 4 N–H and O–H groups in total. The highest BCUT2D eigenvalue weighted by Crippen LogP contribution is 2.30. The number of ether oxygens (including phenoxy) is 1. The van der Waals surface area contributed by atoms with Crippen LogP contribution in [-0.4, -0.2) is 77.8 Å². The highest BCUT2D eigenvalue weighted by Gasteiger charge is 2.45. The predicted octanol–water partition coefficient (Wildman–Crippen LogP) is 1.41. The number of carbonyl (C=O) groups is 4. The Labute approximate surface area is 223 Å². The number of esters is 1. The van der Waals surface area contributed by atoms with E-state index in [0.29, 0.717) is 38.0 Å². The van der Waals surface area contributed by atoms with Gasteiger partial charge in [0.15, 0.2) is 5.78 Å². The van der Waals surface area contributed by atoms with Crippen molar-refractivity contribution in [3.05, 3.63) is 35.4 Å². The van der Waals surface area contributed by atoms with E-state index in [1.807, 2.05) is 49.3 Å². The van der Waals surface area contributed by atoms with Crippen LogP contribution >= 0.6 is 11.8 Å². The Balaban J connectivity index is 1.99. The van der Waals surface area contributed by atoms with Gasteiger partial charge in [-0.15, -0.1) is 0 Å². The van der Waals surface area contributed by atoms with Crippen molar-refractivity contribution in [1.82, 2.24) is 15.5 Å². The first-order chi connectivity index (χ1) is 17.7. The number of hydrogen-bond acceptors (Lipinski definition) is 8. The Hall–Kier alpha value is -2.43. The summed E-state index contributed by atoms with van der Waals surface area (Å²) in [5, 5.41) is 5.69. The van der Waals surface area contributed by atoms with E-state index in [0.717, 1.165) is 17.5 Å². The van der Waals surface area contributed by atoms with Gasteiger partial charge in [0.2, 0.25) is 11.8 Å². The zero-order valence-corrected chi connectivity index (χ0v) is 23.0. The third-order valence-electron chi connectivity index (χ3n) is 7.65. The van der Waals surface area contributed by atoms with Crippen LogP contribution in [-0.2, 0) is 36.9 Å². The molecule has 10 heteroatoms. The second-order valence-corrected chi connectivity index (χ2v) is 11.0. The maximum Gasteiger partial charge on any atom is 0.328 e. The van der Waals surface area contributed by atoms with E-state index < -0.39 is 36.2 Å². The normalized spacial score (nSPS) is 22.8. The summed E-state index contributed by atoms with van der Waals surface area (Å²) in [6.07, 6.45) is 4.23. The second-order valence-electron chi connectivity index (χ2n) is 10.00. The molecule has 2 aliphatic heterocycles. The Morgan fingerprint density at radius 1 is 1.27 bits per heavy atom. The van der Waals surface area contributed by atoms with Crippen molar-refractivity contribution < 1.29 is 23.9 Å². The average molecular weight is 533 g/mol. The molecule has 2 amide bonds. The lowest BCUT2D eigenvalue weighted by Gasteiger charge is -2.44. The molecule has 1 aromatic carbocycles. The molecule has 1 saturated heterocycles. The molecular formula is C27H40N4O5S. The number of ketones is 1. The van der Waals surface area contributed by atoms with Crippen LogP contribution in [0.4, 0.5) is 0 Å². The van der Waals surface area contributed by atoms with Gasteiger partial charge in [-0.1, -0.05) is 44.5 Å². The summed E-state index contributed by atoms with van der Waals surface area (Å²) < 4.78 is 4.94. The molecule has 2 aliphatic rings. The van der Waals surface area contributed by atoms with Gasteiger partial charge in [-0.05, 0) is 48.3 Å². The lowest BCUT2D eigenvalue weighted by atomic mass is 9.83. The van der Waals surface area contributed by atoms with Crippen molar-refractivity contribution in [2.45, 2.75) is 82.7 Å². The van der Waals surface area contributed by atoms with E-state index in [1.165, 1.54) is 7.11 Å². The summed E-state index contributed by atoms with van der Waals surface area (Å²) in [4.78, 5) is 53.9. The van der Waals surface area contributed by atoms with Gasteiger partial charge < -0.3 is 21.1 Å². The van der Waals surface area contributed by atoms with Gasteiger partial charge in [0.05, 0.1) is 25.2 Å². The fraction of sp³-hybridized carbons (Fsp3) is 0.630. The predicted molar refractivity (Wildman–Crippen MR) is 144 cm³/mol. The van der Waals surface area contributed by atoms with Gasteiger partial charge in [-0.3, -0.25) is 19.3 Å². The van der Waals surface area contributed by atoms with E-state index in [1.54, 1.807) is 11.8 Å². The molecule has 1 fully saturated rings. The minimum atomic E-state index is -0.782. The molecule has 204 valence electrons. The number of benzene rings is 1. The van der Waals surface area contributed by atoms with Crippen LogP contribution < -0.4 is 16.4 Å². The zero-order chi connectivity index (χ0) is 27.1. The molecule has 3 rings (SSSR count). The van der Waals surface area contributed by atoms with Crippen molar-refractivity contribution >= 4 is 35.3 Å². The molecule has 6 atom stereocenters. The van der Waals surface area contributed by atoms with Crippen LogP contribution in [0.2, 0.25) is 0 Å². The number of thioether (sulfide) groups is 1. The standard InChI is InChI=1S/C27H40N4O5S/c1-5-16(2)23(28)24(25(33)19-10-11-22(32)29-19)31-15-18-9-7-6-8-17(18)14-21(31)26(34)30-20(12-13-37-4)27(35)36-3/h6-9,16,19-21,23-24H,5,10-15,28H2,1-4H3,(H,29,32)(H,30,34)/t16-,19?,20?,21-,23-,24?/m0/s1. The van der Waals surface area contributed by atoms with Crippen molar-refractivity contribution in [3.63, 3.8) is 0 Å². The summed E-state index contributed by atoms with van der Waals surface area (Å²) in [7, 11) is 1.31. The van der Waals surface area contributed by atoms with Gasteiger partial charge in [-0.25, -0.2) is 4.79 Å². The fourth-order valence-corrected chi connectivity index (χ4v) is 5.64. The van der Waals surface area contributed by atoms with Gasteiger partial charge >= 0.3 is 5.97 Å². The molecule has 3 unspecified atom stereocenters. The van der Waals surface area contributed by atoms with Crippen molar-refractivity contribution in [2.75, 3.05) is 19.1 Å². The zero-order valence-electron chi connectivity index (χ0n) is 22.2. The van der Waals surface area contributed by atoms with Gasteiger partial charge in [0, 0.05) is 19.0 Å². The van der Waals surface area contributed by atoms with E-state index in [2.05, 4.69) is 10.6 Å². The summed E-state index contributed by atoms with van der Waals surface area (Å²) in [6.45, 7) is 4.38. The molecule has 0 radical (unpaired) electrons. The van der Waals surface area contributed by atoms with Gasteiger partial charge in [-0.2, -0.15) is 11.8 Å². The molecular weight excluding hydrogens is 492 g/mol. The number of rotatable bonds is 12. The number of methoxy groups -OCH3 is 1. The lowest BCUT2D eigenvalue weighted by molar-refractivity contribution is -0.146. The highest BCUT2D eigenvalue weighted by molar-refractivity contribution is 7.98. The molecule has 9 nitrogen and oxygen atoms in total. The van der Waals surface area contributed by atoms with Crippen molar-refractivity contribution in [3.8, 4) is 0 Å². The number of amides is 2. The lowest BCUT2D eigenvalue weighted by Crippen LogP contribution is -2.65. The number of nitrogens with one attached hydrogen (secondary N) is 2. The largest absolute Gasteiger partial charge is 0.467 e. The van der Waals surface area contributed by atoms with Crippen molar-refractivity contribution in [1.29, 1.82) is 0 Å². The number of nitrogens with two attached hydrogens (primary N) is 1. The number of fused-ring (bicyclic) bond motifs is 1. The topological polar surface area (TPSA) is 131 Å². The molecule has 0 saturated carbocycles. The first-order valence-corrected chi connectivity index (χ1v) is 14.4. The summed E-state index contributed by atoms with van der Waals surface area (Å²) in [5.41, 5.74) is 8.80. The Morgan fingerprint density at radius 2 is 1.97 bits per heavy atom. The highest BCUT2D eigenvalue weighted by atomic mass is 32.2. The third kappa shape index (κ3) is 6.91. The average Bonchev–Trinajstić information content (AvgIpc) is 3.35. The van der Waals surface area contributed by atoms with Crippen LogP contribution in [0.5, 0.6) is 0 Å². The molecule has 0 bridgehead atoms. The minimum absolute atomic E-state index is 0.0105. The fourth-order valence-electron chi connectivity index (χ4n) is 5.16. The molecule has 0 aromatic heterocycles. The number of hydrogen-bond donors (Lipinski definition) is 3. The third-order valence-corrected chi connectivity index (χ3v) is 8.30. The quantitative estimate of drug-likeness (QED) is 0.345. The molecule has 0 aliphatic carbocycles. The molecule has 0 spiro atoms. The van der Waals surface area contributed by atoms with E-state index >= 15 is 0 Å². The smallest absolute Gasteiger partial charge is 0.328 e. The van der Waals surface area contributed by atoms with Crippen LogP contribution in [0.1, 0.15) is 50.7 Å². The number of Topliss-reactive ketones (excluding diaryl/α,β-unsaturated/α-hetero) is 1. The van der Waals surface area contributed by atoms with Crippen LogP contribution in [0.15, 0.2) is 24.3 Å². The van der Waals surface area contributed by atoms with Gasteiger partial charge in [0.1, 0.15) is 6.04 Å². The van der Waals surface area contributed by atoms with Crippen LogP contribution in [0, 0.1) is 5.92 Å².